The zero-order valence-electron chi connectivity index (χ0n) is 10.3. The normalized spacial score (nSPS) is 11.0. The van der Waals surface area contributed by atoms with E-state index in [1.54, 1.807) is 0 Å². The fraction of sp³-hybridized carbons (Fsp3) is 0.545. The van der Waals surface area contributed by atoms with Gasteiger partial charge in [-0.1, -0.05) is 6.92 Å². The van der Waals surface area contributed by atoms with Crippen molar-refractivity contribution in [3.8, 4) is 0 Å². The summed E-state index contributed by atoms with van der Waals surface area (Å²) in [6, 6.07) is 2.12. The van der Waals surface area contributed by atoms with Crippen LogP contribution in [0.5, 0.6) is 0 Å². The number of aryl methyl sites for hydroxylation is 2. The Morgan fingerprint density at radius 3 is 2.76 bits per heavy atom. The first-order valence-corrected chi connectivity index (χ1v) is 5.90. The van der Waals surface area contributed by atoms with Crippen molar-refractivity contribution in [2.24, 2.45) is 5.73 Å². The minimum absolute atomic E-state index is 0.404. The number of hydrogen-bond donors (Lipinski definition) is 1. The molecule has 2 rings (SSSR count). The van der Waals surface area contributed by atoms with E-state index in [-0.39, 0.29) is 0 Å². The van der Waals surface area contributed by atoms with Crippen LogP contribution in [0.1, 0.15) is 31.1 Å². The molecule has 17 heavy (non-hydrogen) atoms. The number of nitrogens with two attached hydrogens (primary N) is 1. The molecule has 0 saturated carbocycles. The first-order chi connectivity index (χ1) is 8.28. The van der Waals surface area contributed by atoms with Crippen LogP contribution in [0.3, 0.4) is 0 Å². The van der Waals surface area contributed by atoms with Crippen LogP contribution < -0.4 is 5.73 Å². The van der Waals surface area contributed by atoms with Gasteiger partial charge in [0.2, 0.25) is 0 Å². The fourth-order valence-electron chi connectivity index (χ4n) is 1.82. The van der Waals surface area contributed by atoms with Gasteiger partial charge in [0, 0.05) is 6.54 Å². The lowest BCUT2D eigenvalue weighted by atomic mass is 10.3. The molecule has 0 saturated heterocycles. The molecular formula is C11H18N6. The summed E-state index contributed by atoms with van der Waals surface area (Å²) in [7, 11) is 0. The number of hydrogen-bond acceptors (Lipinski definition) is 4. The van der Waals surface area contributed by atoms with E-state index in [2.05, 4.69) is 35.1 Å². The highest BCUT2D eigenvalue weighted by molar-refractivity contribution is 5.11. The molecule has 0 aromatic carbocycles. The van der Waals surface area contributed by atoms with Gasteiger partial charge < -0.3 is 5.73 Å². The van der Waals surface area contributed by atoms with Gasteiger partial charge in [0.1, 0.15) is 12.2 Å². The molecule has 6 nitrogen and oxygen atoms in total. The van der Waals surface area contributed by atoms with E-state index in [1.807, 2.05) is 9.36 Å². The van der Waals surface area contributed by atoms with E-state index in [0.717, 1.165) is 30.2 Å². The molecule has 0 unspecified atom stereocenters. The predicted molar refractivity (Wildman–Crippen MR) is 64.3 cm³/mol. The van der Waals surface area contributed by atoms with Gasteiger partial charge in [-0.2, -0.15) is 10.2 Å². The Kier molecular flexibility index (Phi) is 3.53. The molecule has 0 fully saturated rings. The van der Waals surface area contributed by atoms with E-state index in [1.165, 1.54) is 6.33 Å². The molecule has 0 amide bonds. The maximum absolute atomic E-state index is 5.60. The Balaban J connectivity index is 2.25. The molecule has 2 N–H and O–H groups in total. The van der Waals surface area contributed by atoms with E-state index in [4.69, 9.17) is 5.73 Å². The molecule has 2 aromatic rings. The van der Waals surface area contributed by atoms with Crippen molar-refractivity contribution in [1.29, 1.82) is 0 Å². The molecule has 0 aliphatic rings. The molecule has 2 heterocycles. The van der Waals surface area contributed by atoms with Crippen molar-refractivity contribution in [3.05, 3.63) is 29.6 Å². The SMILES string of the molecule is CCc1cc(Cn2ncnc2CN)n(CC)n1. The largest absolute Gasteiger partial charge is 0.324 e. The summed E-state index contributed by atoms with van der Waals surface area (Å²) >= 11 is 0. The van der Waals surface area contributed by atoms with Gasteiger partial charge in [-0.3, -0.25) is 4.68 Å². The van der Waals surface area contributed by atoms with Crippen LogP contribution >= 0.6 is 0 Å². The summed E-state index contributed by atoms with van der Waals surface area (Å²) in [4.78, 5) is 4.11. The van der Waals surface area contributed by atoms with Gasteiger partial charge in [0.05, 0.1) is 24.5 Å². The van der Waals surface area contributed by atoms with Gasteiger partial charge in [-0.25, -0.2) is 9.67 Å². The average molecular weight is 234 g/mol. The predicted octanol–water partition coefficient (Wildman–Crippen LogP) is 0.564. The lowest BCUT2D eigenvalue weighted by molar-refractivity contribution is 0.559. The van der Waals surface area contributed by atoms with Crippen LogP contribution in [0.15, 0.2) is 12.4 Å². The molecule has 0 aliphatic carbocycles. The number of rotatable bonds is 5. The van der Waals surface area contributed by atoms with Crippen molar-refractivity contribution < 1.29 is 0 Å². The quantitative estimate of drug-likeness (QED) is 0.820. The second kappa shape index (κ2) is 5.09. The minimum Gasteiger partial charge on any atom is -0.324 e. The van der Waals surface area contributed by atoms with Gasteiger partial charge >= 0.3 is 0 Å². The van der Waals surface area contributed by atoms with Gasteiger partial charge in [-0.05, 0) is 19.4 Å². The highest BCUT2D eigenvalue weighted by Crippen LogP contribution is 2.08. The molecule has 0 radical (unpaired) electrons. The topological polar surface area (TPSA) is 74.6 Å². The monoisotopic (exact) mass is 234 g/mol. The van der Waals surface area contributed by atoms with E-state index in [0.29, 0.717) is 13.1 Å². The zero-order valence-corrected chi connectivity index (χ0v) is 10.3. The highest BCUT2D eigenvalue weighted by Gasteiger charge is 2.09. The molecule has 0 atom stereocenters. The molecular weight excluding hydrogens is 216 g/mol. The van der Waals surface area contributed by atoms with Crippen LogP contribution in [-0.4, -0.2) is 24.5 Å². The Morgan fingerprint density at radius 1 is 1.29 bits per heavy atom. The lowest BCUT2D eigenvalue weighted by Crippen LogP contribution is -2.13. The van der Waals surface area contributed by atoms with Crippen molar-refractivity contribution in [2.75, 3.05) is 0 Å². The van der Waals surface area contributed by atoms with Gasteiger partial charge in [-0.15, -0.1) is 0 Å². The molecule has 6 heteroatoms. The van der Waals surface area contributed by atoms with Crippen LogP contribution in [0, 0.1) is 0 Å². The van der Waals surface area contributed by atoms with Crippen molar-refractivity contribution in [3.63, 3.8) is 0 Å². The molecule has 0 aliphatic heterocycles. The van der Waals surface area contributed by atoms with Crippen molar-refractivity contribution in [2.45, 2.75) is 39.9 Å². The van der Waals surface area contributed by atoms with E-state index in [9.17, 15) is 0 Å². The van der Waals surface area contributed by atoms with Crippen molar-refractivity contribution >= 4 is 0 Å². The Bertz CT molecular complexity index is 484. The number of aromatic nitrogens is 5. The summed E-state index contributed by atoms with van der Waals surface area (Å²) in [6.07, 6.45) is 2.48. The lowest BCUT2D eigenvalue weighted by Gasteiger charge is -2.06. The van der Waals surface area contributed by atoms with Gasteiger partial charge in [0.15, 0.2) is 0 Å². The maximum atomic E-state index is 5.60. The van der Waals surface area contributed by atoms with E-state index < -0.39 is 0 Å². The summed E-state index contributed by atoms with van der Waals surface area (Å²) < 4.78 is 3.82. The third kappa shape index (κ3) is 2.36. The first kappa shape index (κ1) is 11.8. The molecule has 2 aromatic heterocycles. The number of nitrogens with zero attached hydrogens (tertiary/aromatic N) is 5. The Morgan fingerprint density at radius 2 is 2.12 bits per heavy atom. The van der Waals surface area contributed by atoms with Crippen LogP contribution in [0.25, 0.3) is 0 Å². The summed E-state index contributed by atoms with van der Waals surface area (Å²) in [6.45, 7) is 6.13. The zero-order chi connectivity index (χ0) is 12.3. The van der Waals surface area contributed by atoms with Crippen LogP contribution in [0.4, 0.5) is 0 Å². The Hall–Kier alpha value is -1.69. The third-order valence-corrected chi connectivity index (χ3v) is 2.77. The maximum Gasteiger partial charge on any atom is 0.141 e. The summed E-state index contributed by atoms with van der Waals surface area (Å²) in [5, 5.41) is 8.68. The smallest absolute Gasteiger partial charge is 0.141 e. The van der Waals surface area contributed by atoms with Crippen LogP contribution in [0.2, 0.25) is 0 Å². The summed E-state index contributed by atoms with van der Waals surface area (Å²) in [5.41, 5.74) is 7.86. The molecule has 92 valence electrons. The third-order valence-electron chi connectivity index (χ3n) is 2.77. The molecule has 0 bridgehead atoms. The molecule has 0 spiro atoms. The standard InChI is InChI=1S/C11H18N6/c1-3-9-5-10(16(4-2)15-9)7-17-11(6-12)13-8-14-17/h5,8H,3-4,6-7,12H2,1-2H3. The van der Waals surface area contributed by atoms with Crippen LogP contribution in [-0.2, 0) is 26.1 Å². The fourth-order valence-corrected chi connectivity index (χ4v) is 1.82. The first-order valence-electron chi connectivity index (χ1n) is 5.90. The average Bonchev–Trinajstić information content (AvgIpc) is 2.95. The Labute approximate surface area is 100 Å². The van der Waals surface area contributed by atoms with Gasteiger partial charge in [0.25, 0.3) is 0 Å². The highest BCUT2D eigenvalue weighted by atomic mass is 15.4. The second-order valence-electron chi connectivity index (χ2n) is 3.83. The van der Waals surface area contributed by atoms with E-state index >= 15 is 0 Å². The minimum atomic E-state index is 0.404. The second-order valence-corrected chi connectivity index (χ2v) is 3.83. The summed E-state index contributed by atoms with van der Waals surface area (Å²) in [5.74, 6) is 0.798. The van der Waals surface area contributed by atoms with Crippen molar-refractivity contribution in [1.82, 2.24) is 24.5 Å².